The number of hydrogen-bond donors (Lipinski definition) is 3. The van der Waals surface area contributed by atoms with E-state index in [0.717, 1.165) is 5.69 Å². The van der Waals surface area contributed by atoms with Gasteiger partial charge in [0.05, 0.1) is 18.5 Å². The van der Waals surface area contributed by atoms with Gasteiger partial charge in [-0.2, -0.15) is 5.10 Å². The maximum Gasteiger partial charge on any atom is 0.241 e. The first kappa shape index (κ1) is 11.9. The lowest BCUT2D eigenvalue weighted by Gasteiger charge is -2.26. The second-order valence-electron chi connectivity index (χ2n) is 4.27. The molecule has 3 N–H and O–H groups in total. The van der Waals surface area contributed by atoms with Crippen LogP contribution in [0.15, 0.2) is 12.4 Å². The van der Waals surface area contributed by atoms with Crippen LogP contribution in [-0.2, 0) is 11.3 Å². The van der Waals surface area contributed by atoms with Crippen molar-refractivity contribution in [3.8, 4) is 0 Å². The summed E-state index contributed by atoms with van der Waals surface area (Å²) in [6.07, 6.45) is 7.27. The van der Waals surface area contributed by atoms with E-state index >= 15 is 0 Å². The third kappa shape index (κ3) is 3.45. The van der Waals surface area contributed by atoms with Crippen molar-refractivity contribution in [1.82, 2.24) is 15.1 Å². The molecule has 1 amide bonds. The van der Waals surface area contributed by atoms with Crippen molar-refractivity contribution in [1.29, 1.82) is 0 Å². The maximum atomic E-state index is 11.4. The molecular formula is C11H18N4O2. The van der Waals surface area contributed by atoms with Crippen molar-refractivity contribution in [2.24, 2.45) is 0 Å². The van der Waals surface area contributed by atoms with Gasteiger partial charge in [-0.1, -0.05) is 0 Å². The average molecular weight is 238 g/mol. The Bertz CT molecular complexity index is 373. The van der Waals surface area contributed by atoms with Crippen LogP contribution in [0.1, 0.15) is 19.3 Å². The second kappa shape index (κ2) is 5.67. The maximum absolute atomic E-state index is 11.4. The molecule has 1 aromatic heterocycles. The molecule has 0 aliphatic heterocycles. The quantitative estimate of drug-likeness (QED) is 0.649. The SMILES string of the molecule is O=C(Cn1cc(NC2CCC2)cn1)NCCO. The lowest BCUT2D eigenvalue weighted by Crippen LogP contribution is -2.30. The van der Waals surface area contributed by atoms with Crippen LogP contribution in [-0.4, -0.2) is 40.0 Å². The van der Waals surface area contributed by atoms with Gasteiger partial charge in [-0.25, -0.2) is 0 Å². The number of hydrogen-bond acceptors (Lipinski definition) is 4. The van der Waals surface area contributed by atoms with Crippen LogP contribution in [0.5, 0.6) is 0 Å². The van der Waals surface area contributed by atoms with Crippen molar-refractivity contribution < 1.29 is 9.90 Å². The zero-order valence-electron chi connectivity index (χ0n) is 9.72. The number of amides is 1. The first-order chi connectivity index (χ1) is 8.28. The van der Waals surface area contributed by atoms with Gasteiger partial charge in [-0.3, -0.25) is 9.48 Å². The van der Waals surface area contributed by atoms with Crippen LogP contribution in [0.25, 0.3) is 0 Å². The molecule has 6 heteroatoms. The first-order valence-electron chi connectivity index (χ1n) is 5.94. The minimum absolute atomic E-state index is 0.0423. The number of aliphatic hydroxyl groups is 1. The number of carbonyl (C=O) groups excluding carboxylic acids is 1. The van der Waals surface area contributed by atoms with Gasteiger partial charge in [0, 0.05) is 18.8 Å². The summed E-state index contributed by atoms with van der Waals surface area (Å²) in [4.78, 5) is 11.4. The molecule has 94 valence electrons. The molecule has 6 nitrogen and oxygen atoms in total. The highest BCUT2D eigenvalue weighted by Gasteiger charge is 2.17. The van der Waals surface area contributed by atoms with E-state index in [9.17, 15) is 4.79 Å². The lowest BCUT2D eigenvalue weighted by atomic mass is 9.93. The number of nitrogens with zero attached hydrogens (tertiary/aromatic N) is 2. The number of anilines is 1. The van der Waals surface area contributed by atoms with E-state index in [1.165, 1.54) is 19.3 Å². The molecule has 0 aromatic carbocycles. The van der Waals surface area contributed by atoms with Crippen molar-refractivity contribution >= 4 is 11.6 Å². The van der Waals surface area contributed by atoms with Crippen molar-refractivity contribution in [2.45, 2.75) is 31.8 Å². The normalized spacial score (nSPS) is 15.4. The summed E-state index contributed by atoms with van der Waals surface area (Å²) < 4.78 is 1.59. The highest BCUT2D eigenvalue weighted by molar-refractivity contribution is 5.75. The molecule has 0 radical (unpaired) electrons. The van der Waals surface area contributed by atoms with E-state index in [1.807, 2.05) is 6.20 Å². The molecule has 0 unspecified atom stereocenters. The predicted octanol–water partition coefficient (Wildman–Crippen LogP) is -0.0440. The molecule has 1 heterocycles. The molecule has 1 aliphatic rings. The molecule has 1 aliphatic carbocycles. The van der Waals surface area contributed by atoms with Crippen LogP contribution < -0.4 is 10.6 Å². The van der Waals surface area contributed by atoms with E-state index in [0.29, 0.717) is 6.04 Å². The van der Waals surface area contributed by atoms with Gasteiger partial charge in [0.15, 0.2) is 0 Å². The van der Waals surface area contributed by atoms with Crippen LogP contribution in [0.2, 0.25) is 0 Å². The monoisotopic (exact) mass is 238 g/mol. The summed E-state index contributed by atoms with van der Waals surface area (Å²) in [5, 5.41) is 18.6. The molecule has 1 fully saturated rings. The molecular weight excluding hydrogens is 220 g/mol. The van der Waals surface area contributed by atoms with E-state index in [1.54, 1.807) is 10.9 Å². The van der Waals surface area contributed by atoms with Crippen molar-refractivity contribution in [3.63, 3.8) is 0 Å². The van der Waals surface area contributed by atoms with Gasteiger partial charge in [0.2, 0.25) is 5.91 Å². The third-order valence-electron chi connectivity index (χ3n) is 2.85. The number of aromatic nitrogens is 2. The topological polar surface area (TPSA) is 79.2 Å². The Labute approximate surface area is 100 Å². The Balaban J connectivity index is 1.78. The van der Waals surface area contributed by atoms with Gasteiger partial charge in [-0.15, -0.1) is 0 Å². The number of carbonyl (C=O) groups is 1. The molecule has 1 saturated carbocycles. The van der Waals surface area contributed by atoms with E-state index in [4.69, 9.17) is 5.11 Å². The summed E-state index contributed by atoms with van der Waals surface area (Å²) in [6, 6.07) is 0.566. The van der Waals surface area contributed by atoms with E-state index in [2.05, 4.69) is 15.7 Å². The Hall–Kier alpha value is -1.56. The van der Waals surface area contributed by atoms with Crippen molar-refractivity contribution in [2.75, 3.05) is 18.5 Å². The van der Waals surface area contributed by atoms with E-state index in [-0.39, 0.29) is 25.6 Å². The van der Waals surface area contributed by atoms with Crippen LogP contribution in [0.4, 0.5) is 5.69 Å². The fourth-order valence-corrected chi connectivity index (χ4v) is 1.71. The average Bonchev–Trinajstić information content (AvgIpc) is 2.68. The predicted molar refractivity (Wildman–Crippen MR) is 63.6 cm³/mol. The number of aliphatic hydroxyl groups excluding tert-OH is 1. The van der Waals surface area contributed by atoms with Crippen LogP contribution >= 0.6 is 0 Å². The van der Waals surface area contributed by atoms with Crippen LogP contribution in [0.3, 0.4) is 0 Å². The number of nitrogens with one attached hydrogen (secondary N) is 2. The smallest absolute Gasteiger partial charge is 0.241 e. The van der Waals surface area contributed by atoms with Gasteiger partial charge >= 0.3 is 0 Å². The molecule has 17 heavy (non-hydrogen) atoms. The summed E-state index contributed by atoms with van der Waals surface area (Å²) in [5.41, 5.74) is 0.963. The Morgan fingerprint density at radius 3 is 3.06 bits per heavy atom. The molecule has 0 spiro atoms. The Morgan fingerprint density at radius 1 is 1.59 bits per heavy atom. The fraction of sp³-hybridized carbons (Fsp3) is 0.636. The summed E-state index contributed by atoms with van der Waals surface area (Å²) in [7, 11) is 0. The second-order valence-corrected chi connectivity index (χ2v) is 4.27. The van der Waals surface area contributed by atoms with E-state index < -0.39 is 0 Å². The van der Waals surface area contributed by atoms with Crippen molar-refractivity contribution in [3.05, 3.63) is 12.4 Å². The fourth-order valence-electron chi connectivity index (χ4n) is 1.71. The standard InChI is InChI=1S/C11H18N4O2/c16-5-4-12-11(17)8-15-7-10(6-13-15)14-9-2-1-3-9/h6-7,9,14,16H,1-5,8H2,(H,12,17). The lowest BCUT2D eigenvalue weighted by molar-refractivity contribution is -0.122. The zero-order valence-corrected chi connectivity index (χ0v) is 9.72. The zero-order chi connectivity index (χ0) is 12.1. The minimum Gasteiger partial charge on any atom is -0.395 e. The molecule has 0 saturated heterocycles. The Kier molecular flexibility index (Phi) is 3.98. The molecule has 0 atom stereocenters. The minimum atomic E-state index is -0.141. The molecule has 0 bridgehead atoms. The largest absolute Gasteiger partial charge is 0.395 e. The third-order valence-corrected chi connectivity index (χ3v) is 2.85. The van der Waals surface area contributed by atoms with Gasteiger partial charge in [0.25, 0.3) is 0 Å². The van der Waals surface area contributed by atoms with Gasteiger partial charge < -0.3 is 15.7 Å². The van der Waals surface area contributed by atoms with Crippen LogP contribution in [0, 0.1) is 0 Å². The summed E-state index contributed by atoms with van der Waals surface area (Å²) >= 11 is 0. The molecule has 2 rings (SSSR count). The summed E-state index contributed by atoms with van der Waals surface area (Å²) in [6.45, 7) is 0.430. The number of rotatable bonds is 6. The Morgan fingerprint density at radius 2 is 2.41 bits per heavy atom. The molecule has 1 aromatic rings. The van der Waals surface area contributed by atoms with Gasteiger partial charge in [-0.05, 0) is 19.3 Å². The first-order valence-corrected chi connectivity index (χ1v) is 5.94. The highest BCUT2D eigenvalue weighted by atomic mass is 16.3. The highest BCUT2D eigenvalue weighted by Crippen LogP contribution is 2.22. The van der Waals surface area contributed by atoms with Gasteiger partial charge in [0.1, 0.15) is 6.54 Å². The summed E-state index contributed by atoms with van der Waals surface area (Å²) in [5.74, 6) is -0.141.